The molecule has 2 atom stereocenters. The second kappa shape index (κ2) is 7.75. The summed E-state index contributed by atoms with van der Waals surface area (Å²) in [6.45, 7) is 2.38. The molecule has 0 bridgehead atoms. The molecule has 3 aliphatic heterocycles. The van der Waals surface area contributed by atoms with E-state index in [0.29, 0.717) is 32.6 Å². The predicted octanol–water partition coefficient (Wildman–Crippen LogP) is 1.25. The molecule has 162 valence electrons. The van der Waals surface area contributed by atoms with Gasteiger partial charge < -0.3 is 9.84 Å². The Hall–Kier alpha value is -2.74. The van der Waals surface area contributed by atoms with E-state index < -0.39 is 17.7 Å². The zero-order valence-corrected chi connectivity index (χ0v) is 17.6. The van der Waals surface area contributed by atoms with Gasteiger partial charge in [0.15, 0.2) is 0 Å². The minimum atomic E-state index is -0.757. The van der Waals surface area contributed by atoms with Crippen LogP contribution in [0.1, 0.15) is 17.5 Å². The molecule has 0 aliphatic carbocycles. The van der Waals surface area contributed by atoms with Gasteiger partial charge in [-0.15, -0.1) is 0 Å². The van der Waals surface area contributed by atoms with Crippen LogP contribution in [0.2, 0.25) is 0 Å². The Labute approximate surface area is 181 Å². The predicted molar refractivity (Wildman–Crippen MR) is 114 cm³/mol. The first-order chi connectivity index (χ1) is 15.0. The molecule has 3 aliphatic rings. The van der Waals surface area contributed by atoms with Crippen molar-refractivity contribution in [1.82, 2.24) is 14.7 Å². The summed E-state index contributed by atoms with van der Waals surface area (Å²) in [7, 11) is 1.66. The maximum absolute atomic E-state index is 13.6. The fourth-order valence-corrected chi connectivity index (χ4v) is 5.29. The summed E-state index contributed by atoms with van der Waals surface area (Å²) in [5.74, 6) is 0.482. The molecule has 2 aromatic carbocycles. The summed E-state index contributed by atoms with van der Waals surface area (Å²) in [5, 5.41) is 10.3. The Balaban J connectivity index is 1.39. The number of rotatable bonds is 5. The van der Waals surface area contributed by atoms with Gasteiger partial charge >= 0.3 is 0 Å². The molecule has 3 fully saturated rings. The molecule has 0 radical (unpaired) electrons. The van der Waals surface area contributed by atoms with E-state index in [-0.39, 0.29) is 18.4 Å². The maximum Gasteiger partial charge on any atom is 0.252 e. The third-order valence-corrected chi connectivity index (χ3v) is 6.76. The lowest BCUT2D eigenvalue weighted by Crippen LogP contribution is -2.81. The van der Waals surface area contributed by atoms with E-state index in [1.54, 1.807) is 7.11 Å². The molecule has 3 heterocycles. The van der Waals surface area contributed by atoms with Crippen LogP contribution in [0.3, 0.4) is 0 Å². The Bertz CT molecular complexity index is 989. The van der Waals surface area contributed by atoms with Crippen LogP contribution in [-0.4, -0.2) is 76.0 Å². The number of hydrogen-bond acceptors (Lipinski definition) is 6. The van der Waals surface area contributed by atoms with Gasteiger partial charge in [-0.1, -0.05) is 48.5 Å². The molecule has 5 rings (SSSR count). The maximum atomic E-state index is 13.6. The number of likely N-dealkylation sites (tertiary alicyclic amines) is 1. The number of benzene rings is 2. The molecule has 0 aromatic heterocycles. The Morgan fingerprint density at radius 3 is 2.48 bits per heavy atom. The minimum absolute atomic E-state index is 0.150. The van der Waals surface area contributed by atoms with Gasteiger partial charge in [0.05, 0.1) is 25.8 Å². The first kappa shape index (κ1) is 20.2. The van der Waals surface area contributed by atoms with Crippen molar-refractivity contribution < 1.29 is 19.4 Å². The summed E-state index contributed by atoms with van der Waals surface area (Å²) in [6.07, 6.45) is -0.204. The van der Waals surface area contributed by atoms with Crippen LogP contribution in [0.5, 0.6) is 5.75 Å². The fourth-order valence-electron chi connectivity index (χ4n) is 5.29. The van der Waals surface area contributed by atoms with Crippen molar-refractivity contribution in [3.8, 4) is 5.75 Å². The van der Waals surface area contributed by atoms with Crippen LogP contribution in [0.15, 0.2) is 54.6 Å². The molecule has 2 aromatic rings. The number of fused-ring (bicyclic) bond motifs is 2. The molecule has 1 spiro atoms. The quantitative estimate of drug-likeness (QED) is 0.733. The Morgan fingerprint density at radius 1 is 1.03 bits per heavy atom. The molecule has 7 heteroatoms. The number of carbonyl (C=O) groups excluding carboxylic acids is 2. The van der Waals surface area contributed by atoms with Gasteiger partial charge in [-0.25, -0.2) is 0 Å². The standard InChI is InChI=1S/C24H27N3O4/c1-31-21-10-6-5-9-18(21)13-25-15-24(16-25)23(30)26(12-17-7-3-2-4-8-17)22(29)20-11-19(28)14-27(20)24/h2-10,19-20,28H,11-16H2,1H3/t19-,20+/m1/s1. The van der Waals surface area contributed by atoms with Crippen molar-refractivity contribution >= 4 is 11.8 Å². The van der Waals surface area contributed by atoms with Crippen molar-refractivity contribution in [2.75, 3.05) is 26.7 Å². The lowest BCUT2D eigenvalue weighted by atomic mass is 9.82. The van der Waals surface area contributed by atoms with Crippen LogP contribution in [0, 0.1) is 0 Å². The number of aliphatic hydroxyl groups excluding tert-OH is 1. The van der Waals surface area contributed by atoms with Crippen molar-refractivity contribution in [3.63, 3.8) is 0 Å². The number of imide groups is 1. The van der Waals surface area contributed by atoms with Gasteiger partial charge in [-0.05, 0) is 18.1 Å². The summed E-state index contributed by atoms with van der Waals surface area (Å²) in [4.78, 5) is 32.4. The van der Waals surface area contributed by atoms with E-state index in [2.05, 4.69) is 4.90 Å². The normalized spacial score (nSPS) is 25.5. The topological polar surface area (TPSA) is 73.3 Å². The molecular weight excluding hydrogens is 394 g/mol. The lowest BCUT2D eigenvalue weighted by Gasteiger charge is -2.58. The first-order valence-corrected chi connectivity index (χ1v) is 10.7. The van der Waals surface area contributed by atoms with Gasteiger partial charge in [0.1, 0.15) is 11.3 Å². The van der Waals surface area contributed by atoms with E-state index in [9.17, 15) is 14.7 Å². The monoisotopic (exact) mass is 421 g/mol. The largest absolute Gasteiger partial charge is 0.496 e. The SMILES string of the molecule is COc1ccccc1CN1CC2(C1)C(=O)N(Cc1ccccc1)C(=O)[C@@H]1C[C@@H](O)CN12. The smallest absolute Gasteiger partial charge is 0.252 e. The van der Waals surface area contributed by atoms with Gasteiger partial charge in [0.25, 0.3) is 5.91 Å². The molecule has 1 N–H and O–H groups in total. The summed E-state index contributed by atoms with van der Waals surface area (Å²) >= 11 is 0. The highest BCUT2D eigenvalue weighted by Crippen LogP contribution is 2.41. The van der Waals surface area contributed by atoms with Crippen LogP contribution in [0.25, 0.3) is 0 Å². The molecule has 0 saturated carbocycles. The van der Waals surface area contributed by atoms with Crippen molar-refractivity contribution in [2.45, 2.75) is 37.2 Å². The first-order valence-electron chi connectivity index (χ1n) is 10.7. The number of hydrogen-bond donors (Lipinski definition) is 1. The summed E-state index contributed by atoms with van der Waals surface area (Å²) < 4.78 is 5.46. The van der Waals surface area contributed by atoms with E-state index in [0.717, 1.165) is 16.9 Å². The van der Waals surface area contributed by atoms with E-state index >= 15 is 0 Å². The highest BCUT2D eigenvalue weighted by atomic mass is 16.5. The third-order valence-electron chi connectivity index (χ3n) is 6.76. The van der Waals surface area contributed by atoms with Crippen LogP contribution in [0.4, 0.5) is 0 Å². The number of para-hydroxylation sites is 1. The van der Waals surface area contributed by atoms with E-state index in [4.69, 9.17) is 4.74 Å². The van der Waals surface area contributed by atoms with Gasteiger partial charge in [0.2, 0.25) is 5.91 Å². The second-order valence-electron chi connectivity index (χ2n) is 8.76. The number of methoxy groups -OCH3 is 1. The Morgan fingerprint density at radius 2 is 1.74 bits per heavy atom. The average Bonchev–Trinajstić information content (AvgIpc) is 3.16. The van der Waals surface area contributed by atoms with Crippen molar-refractivity contribution in [1.29, 1.82) is 0 Å². The number of carbonyl (C=O) groups is 2. The zero-order valence-electron chi connectivity index (χ0n) is 17.6. The number of aliphatic hydroxyl groups is 1. The van der Waals surface area contributed by atoms with Crippen LogP contribution >= 0.6 is 0 Å². The number of piperazine rings is 1. The number of nitrogens with zero attached hydrogens (tertiary/aromatic N) is 3. The minimum Gasteiger partial charge on any atom is -0.496 e. The second-order valence-corrected chi connectivity index (χ2v) is 8.76. The zero-order chi connectivity index (χ0) is 21.6. The molecule has 7 nitrogen and oxygen atoms in total. The fraction of sp³-hybridized carbons (Fsp3) is 0.417. The van der Waals surface area contributed by atoms with Gasteiger partial charge in [0, 0.05) is 31.7 Å². The highest BCUT2D eigenvalue weighted by Gasteiger charge is 2.64. The highest BCUT2D eigenvalue weighted by molar-refractivity contribution is 6.06. The number of ether oxygens (including phenoxy) is 1. The molecule has 3 saturated heterocycles. The average molecular weight is 421 g/mol. The molecule has 31 heavy (non-hydrogen) atoms. The Kier molecular flexibility index (Phi) is 5.04. The lowest BCUT2D eigenvalue weighted by molar-refractivity contribution is -0.181. The van der Waals surface area contributed by atoms with E-state index in [1.165, 1.54) is 4.90 Å². The molecular formula is C24H27N3O4. The van der Waals surface area contributed by atoms with Crippen molar-refractivity contribution in [3.05, 3.63) is 65.7 Å². The third kappa shape index (κ3) is 3.33. The van der Waals surface area contributed by atoms with Gasteiger partial charge in [-0.2, -0.15) is 0 Å². The molecule has 0 unspecified atom stereocenters. The van der Waals surface area contributed by atoms with Crippen LogP contribution in [-0.2, 0) is 22.7 Å². The van der Waals surface area contributed by atoms with E-state index in [1.807, 2.05) is 59.5 Å². The van der Waals surface area contributed by atoms with Crippen LogP contribution < -0.4 is 4.74 Å². The van der Waals surface area contributed by atoms with Gasteiger partial charge in [-0.3, -0.25) is 24.3 Å². The summed E-state index contributed by atoms with van der Waals surface area (Å²) in [6, 6.07) is 17.0. The number of amides is 2. The number of β-amino-alcohol motifs (C(OH)–C–C–N with tert-alkyl or cyclic N) is 1. The van der Waals surface area contributed by atoms with Crippen molar-refractivity contribution in [2.24, 2.45) is 0 Å². The summed E-state index contributed by atoms with van der Waals surface area (Å²) in [5.41, 5.74) is 1.24. The molecule has 2 amide bonds.